The Morgan fingerprint density at radius 2 is 2.38 bits per heavy atom. The van der Waals surface area contributed by atoms with Gasteiger partial charge in [-0.2, -0.15) is 0 Å². The lowest BCUT2D eigenvalue weighted by molar-refractivity contribution is 0.0489. The van der Waals surface area contributed by atoms with E-state index in [4.69, 9.17) is 5.11 Å². The number of carboxylic acid groups (broad SMARTS) is 1. The van der Waals surface area contributed by atoms with Gasteiger partial charge in [-0.1, -0.05) is 6.92 Å². The highest BCUT2D eigenvalue weighted by atomic mass is 16.4. The predicted octanol–water partition coefficient (Wildman–Crippen LogP) is 1.15. The van der Waals surface area contributed by atoms with Crippen molar-refractivity contribution in [3.05, 3.63) is 0 Å². The second-order valence-corrected chi connectivity index (χ2v) is 3.61. The van der Waals surface area contributed by atoms with Crippen LogP contribution in [0.2, 0.25) is 0 Å². The number of aliphatic hydroxyl groups excluding tert-OH is 1. The number of amides is 1. The van der Waals surface area contributed by atoms with Crippen molar-refractivity contribution < 1.29 is 15.0 Å². The van der Waals surface area contributed by atoms with Crippen LogP contribution < -0.4 is 0 Å². The molecule has 4 heteroatoms. The van der Waals surface area contributed by atoms with Gasteiger partial charge in [-0.05, 0) is 19.3 Å². The normalized spacial score (nSPS) is 25.7. The molecule has 0 aliphatic carbocycles. The Hall–Kier alpha value is -0.770. The van der Waals surface area contributed by atoms with Gasteiger partial charge in [0.15, 0.2) is 0 Å². The molecule has 1 aliphatic heterocycles. The predicted molar refractivity (Wildman–Crippen MR) is 48.6 cm³/mol. The lowest BCUT2D eigenvalue weighted by Crippen LogP contribution is -2.42. The van der Waals surface area contributed by atoms with Gasteiger partial charge >= 0.3 is 6.09 Å². The van der Waals surface area contributed by atoms with Crippen LogP contribution in [-0.2, 0) is 0 Å². The van der Waals surface area contributed by atoms with Gasteiger partial charge in [0.25, 0.3) is 0 Å². The topological polar surface area (TPSA) is 60.8 Å². The van der Waals surface area contributed by atoms with E-state index in [9.17, 15) is 9.90 Å². The fourth-order valence-electron chi connectivity index (χ4n) is 1.83. The molecular weight excluding hydrogens is 170 g/mol. The quantitative estimate of drug-likeness (QED) is 0.681. The van der Waals surface area contributed by atoms with Crippen molar-refractivity contribution in [2.24, 2.45) is 5.92 Å². The molecule has 1 fully saturated rings. The molecule has 0 aromatic heterocycles. The summed E-state index contributed by atoms with van der Waals surface area (Å²) >= 11 is 0. The molecule has 0 unspecified atom stereocenters. The molecule has 1 heterocycles. The van der Waals surface area contributed by atoms with E-state index in [2.05, 4.69) is 0 Å². The highest BCUT2D eigenvalue weighted by molar-refractivity contribution is 5.65. The number of aliphatic hydroxyl groups is 1. The Kier molecular flexibility index (Phi) is 3.54. The maximum absolute atomic E-state index is 10.7. The SMILES string of the molecule is CC[C@H](O)[C@H]1CCCN(C(=O)O)C1. The first-order valence-electron chi connectivity index (χ1n) is 4.81. The van der Waals surface area contributed by atoms with Crippen LogP contribution in [-0.4, -0.2) is 40.4 Å². The molecule has 1 amide bonds. The summed E-state index contributed by atoms with van der Waals surface area (Å²) < 4.78 is 0. The maximum Gasteiger partial charge on any atom is 0.407 e. The van der Waals surface area contributed by atoms with Crippen LogP contribution in [0.1, 0.15) is 26.2 Å². The summed E-state index contributed by atoms with van der Waals surface area (Å²) in [5, 5.41) is 18.3. The van der Waals surface area contributed by atoms with Crippen molar-refractivity contribution in [1.82, 2.24) is 4.90 Å². The summed E-state index contributed by atoms with van der Waals surface area (Å²) in [6, 6.07) is 0. The van der Waals surface area contributed by atoms with E-state index in [1.807, 2.05) is 6.92 Å². The van der Waals surface area contributed by atoms with Crippen LogP contribution in [0.15, 0.2) is 0 Å². The first-order valence-corrected chi connectivity index (χ1v) is 4.81. The third-order valence-corrected chi connectivity index (χ3v) is 2.69. The number of carbonyl (C=O) groups is 1. The number of rotatable bonds is 2. The van der Waals surface area contributed by atoms with Crippen molar-refractivity contribution in [3.8, 4) is 0 Å². The second-order valence-electron chi connectivity index (χ2n) is 3.61. The average molecular weight is 187 g/mol. The Morgan fingerprint density at radius 3 is 2.92 bits per heavy atom. The molecule has 1 saturated heterocycles. The standard InChI is InChI=1S/C9H17NO3/c1-2-8(11)7-4-3-5-10(6-7)9(12)13/h7-8,11H,2-6H2,1H3,(H,12,13)/t7-,8-/m0/s1. The third-order valence-electron chi connectivity index (χ3n) is 2.69. The summed E-state index contributed by atoms with van der Waals surface area (Å²) in [7, 11) is 0. The lowest BCUT2D eigenvalue weighted by Gasteiger charge is -2.33. The van der Waals surface area contributed by atoms with Crippen molar-refractivity contribution in [2.45, 2.75) is 32.3 Å². The van der Waals surface area contributed by atoms with Gasteiger partial charge in [0.2, 0.25) is 0 Å². The van der Waals surface area contributed by atoms with E-state index in [-0.39, 0.29) is 12.0 Å². The molecule has 0 aromatic rings. The van der Waals surface area contributed by atoms with Gasteiger partial charge in [-0.25, -0.2) is 4.79 Å². The third kappa shape index (κ3) is 2.59. The van der Waals surface area contributed by atoms with E-state index in [0.717, 1.165) is 12.8 Å². The Bertz CT molecular complexity index is 184. The fourth-order valence-corrected chi connectivity index (χ4v) is 1.83. The Labute approximate surface area is 78.2 Å². The molecule has 4 nitrogen and oxygen atoms in total. The molecule has 2 N–H and O–H groups in total. The summed E-state index contributed by atoms with van der Waals surface area (Å²) in [4.78, 5) is 12.1. The fraction of sp³-hybridized carbons (Fsp3) is 0.889. The Morgan fingerprint density at radius 1 is 1.69 bits per heavy atom. The largest absolute Gasteiger partial charge is 0.465 e. The summed E-state index contributed by atoms with van der Waals surface area (Å²) in [5.74, 6) is 0.134. The van der Waals surface area contributed by atoms with Crippen LogP contribution in [0.5, 0.6) is 0 Å². The van der Waals surface area contributed by atoms with Gasteiger partial charge in [-0.15, -0.1) is 0 Å². The minimum Gasteiger partial charge on any atom is -0.465 e. The highest BCUT2D eigenvalue weighted by Gasteiger charge is 2.27. The van der Waals surface area contributed by atoms with Gasteiger partial charge in [-0.3, -0.25) is 0 Å². The number of likely N-dealkylation sites (tertiary alicyclic amines) is 1. The number of piperidine rings is 1. The number of nitrogens with zero attached hydrogens (tertiary/aromatic N) is 1. The monoisotopic (exact) mass is 187 g/mol. The van der Waals surface area contributed by atoms with Crippen molar-refractivity contribution in [1.29, 1.82) is 0 Å². The zero-order valence-corrected chi connectivity index (χ0v) is 7.94. The minimum atomic E-state index is -0.868. The molecule has 13 heavy (non-hydrogen) atoms. The maximum atomic E-state index is 10.7. The smallest absolute Gasteiger partial charge is 0.407 e. The summed E-state index contributed by atoms with van der Waals surface area (Å²) in [6.07, 6.45) is 1.31. The number of hydrogen-bond acceptors (Lipinski definition) is 2. The minimum absolute atomic E-state index is 0.134. The van der Waals surface area contributed by atoms with Gasteiger partial charge in [0.05, 0.1) is 6.10 Å². The average Bonchev–Trinajstić information content (AvgIpc) is 2.17. The molecule has 0 radical (unpaired) electrons. The zero-order valence-electron chi connectivity index (χ0n) is 7.94. The molecule has 0 bridgehead atoms. The summed E-state index contributed by atoms with van der Waals surface area (Å²) in [5.41, 5.74) is 0. The highest BCUT2D eigenvalue weighted by Crippen LogP contribution is 2.21. The van der Waals surface area contributed by atoms with E-state index in [0.29, 0.717) is 19.5 Å². The number of hydrogen-bond donors (Lipinski definition) is 2. The van der Waals surface area contributed by atoms with Crippen LogP contribution in [0, 0.1) is 5.92 Å². The molecule has 1 aliphatic rings. The zero-order chi connectivity index (χ0) is 9.84. The molecule has 0 aromatic carbocycles. The molecule has 0 saturated carbocycles. The van der Waals surface area contributed by atoms with Crippen molar-refractivity contribution in [2.75, 3.05) is 13.1 Å². The first kappa shape index (κ1) is 10.3. The van der Waals surface area contributed by atoms with Crippen LogP contribution in [0.4, 0.5) is 4.79 Å². The van der Waals surface area contributed by atoms with E-state index < -0.39 is 6.09 Å². The van der Waals surface area contributed by atoms with Gasteiger partial charge in [0, 0.05) is 19.0 Å². The Balaban J connectivity index is 2.46. The molecule has 76 valence electrons. The van der Waals surface area contributed by atoms with Crippen molar-refractivity contribution >= 4 is 6.09 Å². The molecule has 2 atom stereocenters. The van der Waals surface area contributed by atoms with E-state index in [1.165, 1.54) is 4.90 Å². The van der Waals surface area contributed by atoms with E-state index >= 15 is 0 Å². The van der Waals surface area contributed by atoms with Crippen molar-refractivity contribution in [3.63, 3.8) is 0 Å². The lowest BCUT2D eigenvalue weighted by atomic mass is 9.91. The van der Waals surface area contributed by atoms with Crippen LogP contribution in [0.25, 0.3) is 0 Å². The second kappa shape index (κ2) is 4.46. The van der Waals surface area contributed by atoms with Crippen LogP contribution in [0.3, 0.4) is 0 Å². The van der Waals surface area contributed by atoms with Crippen LogP contribution >= 0.6 is 0 Å². The first-order chi connectivity index (χ1) is 6.15. The molecule has 0 spiro atoms. The molecular formula is C9H17NO3. The summed E-state index contributed by atoms with van der Waals surface area (Å²) in [6.45, 7) is 3.02. The van der Waals surface area contributed by atoms with Gasteiger partial charge < -0.3 is 15.1 Å². The van der Waals surface area contributed by atoms with E-state index in [1.54, 1.807) is 0 Å². The molecule has 1 rings (SSSR count). The van der Waals surface area contributed by atoms with Gasteiger partial charge in [0.1, 0.15) is 0 Å².